The highest BCUT2D eigenvalue weighted by molar-refractivity contribution is 5.28. The summed E-state index contributed by atoms with van der Waals surface area (Å²) in [6.45, 7) is 6.55. The molecule has 16 heavy (non-hydrogen) atoms. The van der Waals surface area contributed by atoms with Crippen molar-refractivity contribution in [2.75, 3.05) is 13.7 Å². The SMILES string of the molecule is CNC(C)(CO)c1ccc(CC(C)C)cc1. The van der Waals surface area contributed by atoms with Crippen LogP contribution < -0.4 is 5.32 Å². The molecule has 0 aliphatic rings. The number of hydrogen-bond acceptors (Lipinski definition) is 2. The summed E-state index contributed by atoms with van der Waals surface area (Å²) in [7, 11) is 1.87. The molecule has 1 aromatic rings. The van der Waals surface area contributed by atoms with Crippen LogP contribution in [0.4, 0.5) is 0 Å². The van der Waals surface area contributed by atoms with Gasteiger partial charge in [0.05, 0.1) is 12.1 Å². The Hall–Kier alpha value is -0.860. The smallest absolute Gasteiger partial charge is 0.0652 e. The lowest BCUT2D eigenvalue weighted by atomic mass is 9.91. The van der Waals surface area contributed by atoms with Crippen LogP contribution in [-0.2, 0) is 12.0 Å². The molecule has 1 rings (SSSR count). The van der Waals surface area contributed by atoms with Crippen molar-refractivity contribution in [2.24, 2.45) is 5.92 Å². The third-order valence-electron chi connectivity index (χ3n) is 3.10. The molecule has 0 fully saturated rings. The maximum atomic E-state index is 9.39. The van der Waals surface area contributed by atoms with Gasteiger partial charge in [-0.1, -0.05) is 38.1 Å². The van der Waals surface area contributed by atoms with Crippen LogP contribution in [0.15, 0.2) is 24.3 Å². The highest BCUT2D eigenvalue weighted by Crippen LogP contribution is 2.20. The number of aliphatic hydroxyl groups is 1. The molecule has 1 unspecified atom stereocenters. The second kappa shape index (κ2) is 5.46. The monoisotopic (exact) mass is 221 g/mol. The summed E-state index contributed by atoms with van der Waals surface area (Å²) in [5.74, 6) is 0.680. The van der Waals surface area contributed by atoms with Gasteiger partial charge in [0.15, 0.2) is 0 Å². The number of aliphatic hydroxyl groups excluding tert-OH is 1. The molecule has 0 aliphatic heterocycles. The lowest BCUT2D eigenvalue weighted by molar-refractivity contribution is 0.183. The van der Waals surface area contributed by atoms with Crippen molar-refractivity contribution < 1.29 is 5.11 Å². The quantitative estimate of drug-likeness (QED) is 0.799. The molecule has 0 heterocycles. The summed E-state index contributed by atoms with van der Waals surface area (Å²) in [6.07, 6.45) is 1.11. The summed E-state index contributed by atoms with van der Waals surface area (Å²) < 4.78 is 0. The van der Waals surface area contributed by atoms with Gasteiger partial charge in [0.25, 0.3) is 0 Å². The first-order chi connectivity index (χ1) is 7.51. The largest absolute Gasteiger partial charge is 0.394 e. The zero-order valence-corrected chi connectivity index (χ0v) is 10.7. The Morgan fingerprint density at radius 2 is 1.81 bits per heavy atom. The molecule has 2 N–H and O–H groups in total. The zero-order valence-electron chi connectivity index (χ0n) is 10.7. The standard InChI is InChI=1S/C14H23NO/c1-11(2)9-12-5-7-13(8-6-12)14(3,10-16)15-4/h5-8,11,15-16H,9-10H2,1-4H3. The molecule has 0 radical (unpaired) electrons. The van der Waals surface area contributed by atoms with Crippen molar-refractivity contribution in [3.05, 3.63) is 35.4 Å². The van der Waals surface area contributed by atoms with Crippen LogP contribution in [0.25, 0.3) is 0 Å². The van der Waals surface area contributed by atoms with Crippen LogP contribution in [0.2, 0.25) is 0 Å². The molecule has 0 bridgehead atoms. The predicted octanol–water partition coefficient (Wildman–Crippen LogP) is 2.31. The molecule has 1 aromatic carbocycles. The van der Waals surface area contributed by atoms with Crippen LogP contribution in [-0.4, -0.2) is 18.8 Å². The Bertz CT molecular complexity index is 312. The molecule has 0 saturated heterocycles. The van der Waals surface area contributed by atoms with E-state index in [4.69, 9.17) is 0 Å². The Morgan fingerprint density at radius 3 is 2.19 bits per heavy atom. The van der Waals surface area contributed by atoms with E-state index in [1.807, 2.05) is 14.0 Å². The Morgan fingerprint density at radius 1 is 1.25 bits per heavy atom. The van der Waals surface area contributed by atoms with E-state index in [0.29, 0.717) is 5.92 Å². The van der Waals surface area contributed by atoms with Gasteiger partial charge in [-0.2, -0.15) is 0 Å². The molecule has 90 valence electrons. The fraction of sp³-hybridized carbons (Fsp3) is 0.571. The highest BCUT2D eigenvalue weighted by Gasteiger charge is 2.22. The molecule has 0 saturated carbocycles. The third-order valence-corrected chi connectivity index (χ3v) is 3.10. The van der Waals surface area contributed by atoms with Gasteiger partial charge in [-0.05, 0) is 37.4 Å². The molecule has 1 atom stereocenters. The van der Waals surface area contributed by atoms with Crippen LogP contribution in [0.1, 0.15) is 31.9 Å². The summed E-state index contributed by atoms with van der Waals surface area (Å²) in [4.78, 5) is 0. The van der Waals surface area contributed by atoms with E-state index in [-0.39, 0.29) is 12.1 Å². The average molecular weight is 221 g/mol. The lowest BCUT2D eigenvalue weighted by Gasteiger charge is -2.27. The van der Waals surface area contributed by atoms with Gasteiger partial charge in [0.1, 0.15) is 0 Å². The van der Waals surface area contributed by atoms with Crippen LogP contribution in [0, 0.1) is 5.92 Å². The van der Waals surface area contributed by atoms with Crippen molar-refractivity contribution in [1.29, 1.82) is 0 Å². The van der Waals surface area contributed by atoms with Gasteiger partial charge in [0, 0.05) is 0 Å². The molecule has 2 heteroatoms. The average Bonchev–Trinajstić information content (AvgIpc) is 2.28. The van der Waals surface area contributed by atoms with Crippen molar-refractivity contribution >= 4 is 0 Å². The number of hydrogen-bond donors (Lipinski definition) is 2. The van der Waals surface area contributed by atoms with Crippen molar-refractivity contribution in [3.8, 4) is 0 Å². The Labute approximate surface area is 98.7 Å². The summed E-state index contributed by atoms with van der Waals surface area (Å²) in [6, 6.07) is 8.51. The second-order valence-corrected chi connectivity index (χ2v) is 5.04. The fourth-order valence-electron chi connectivity index (χ4n) is 1.79. The first kappa shape index (κ1) is 13.2. The maximum Gasteiger partial charge on any atom is 0.0652 e. The molecule has 0 spiro atoms. The van der Waals surface area contributed by atoms with E-state index in [1.165, 1.54) is 5.56 Å². The second-order valence-electron chi connectivity index (χ2n) is 5.04. The first-order valence-electron chi connectivity index (χ1n) is 5.91. The Kier molecular flexibility index (Phi) is 4.51. The molecular weight excluding hydrogens is 198 g/mol. The normalized spacial score (nSPS) is 15.1. The van der Waals surface area contributed by atoms with Gasteiger partial charge in [-0.3, -0.25) is 0 Å². The maximum absolute atomic E-state index is 9.39. The van der Waals surface area contributed by atoms with Gasteiger partial charge < -0.3 is 10.4 Å². The summed E-state index contributed by atoms with van der Waals surface area (Å²) >= 11 is 0. The summed E-state index contributed by atoms with van der Waals surface area (Å²) in [5.41, 5.74) is 2.15. The minimum atomic E-state index is -0.337. The van der Waals surface area contributed by atoms with Gasteiger partial charge >= 0.3 is 0 Å². The van der Waals surface area contributed by atoms with Crippen molar-refractivity contribution in [1.82, 2.24) is 5.32 Å². The number of benzene rings is 1. The van der Waals surface area contributed by atoms with E-state index in [0.717, 1.165) is 12.0 Å². The van der Waals surface area contributed by atoms with Crippen LogP contribution in [0.5, 0.6) is 0 Å². The summed E-state index contributed by atoms with van der Waals surface area (Å²) in [5, 5.41) is 12.5. The van der Waals surface area contributed by atoms with E-state index >= 15 is 0 Å². The van der Waals surface area contributed by atoms with Crippen molar-refractivity contribution in [2.45, 2.75) is 32.7 Å². The van der Waals surface area contributed by atoms with Gasteiger partial charge in [0.2, 0.25) is 0 Å². The molecule has 2 nitrogen and oxygen atoms in total. The lowest BCUT2D eigenvalue weighted by Crippen LogP contribution is -2.40. The Balaban J connectivity index is 2.85. The zero-order chi connectivity index (χ0) is 12.2. The number of rotatable bonds is 5. The highest BCUT2D eigenvalue weighted by atomic mass is 16.3. The predicted molar refractivity (Wildman–Crippen MR) is 68.5 cm³/mol. The van der Waals surface area contributed by atoms with E-state index in [1.54, 1.807) is 0 Å². The first-order valence-corrected chi connectivity index (χ1v) is 5.91. The molecule has 0 aliphatic carbocycles. The minimum Gasteiger partial charge on any atom is -0.394 e. The van der Waals surface area contributed by atoms with Crippen LogP contribution in [0.3, 0.4) is 0 Å². The number of nitrogens with one attached hydrogen (secondary N) is 1. The molecule has 0 aromatic heterocycles. The van der Waals surface area contributed by atoms with Crippen LogP contribution >= 0.6 is 0 Å². The third kappa shape index (κ3) is 3.06. The molecular formula is C14H23NO. The topological polar surface area (TPSA) is 32.3 Å². The molecule has 0 amide bonds. The van der Waals surface area contributed by atoms with Crippen molar-refractivity contribution in [3.63, 3.8) is 0 Å². The number of likely N-dealkylation sites (N-methyl/N-ethyl adjacent to an activating group) is 1. The minimum absolute atomic E-state index is 0.104. The van der Waals surface area contributed by atoms with E-state index < -0.39 is 0 Å². The van der Waals surface area contributed by atoms with E-state index in [9.17, 15) is 5.11 Å². The van der Waals surface area contributed by atoms with Gasteiger partial charge in [-0.15, -0.1) is 0 Å². The fourth-order valence-corrected chi connectivity index (χ4v) is 1.79. The van der Waals surface area contributed by atoms with Gasteiger partial charge in [-0.25, -0.2) is 0 Å². The van der Waals surface area contributed by atoms with E-state index in [2.05, 4.69) is 43.4 Å².